The third-order valence-corrected chi connectivity index (χ3v) is 4.73. The van der Waals surface area contributed by atoms with Crippen molar-refractivity contribution < 1.29 is 19.8 Å². The second kappa shape index (κ2) is 8.43. The number of halogens is 2. The van der Waals surface area contributed by atoms with E-state index >= 15 is 0 Å². The lowest BCUT2D eigenvalue weighted by molar-refractivity contribution is 0.0687. The molecule has 0 spiro atoms. The highest BCUT2D eigenvalue weighted by atomic mass is 35.5. The normalized spacial score (nSPS) is 10.4. The van der Waals surface area contributed by atoms with Crippen LogP contribution in [0.1, 0.15) is 26.3 Å². The molecule has 2 N–H and O–H groups in total. The second-order valence-corrected chi connectivity index (χ2v) is 6.86. The average Bonchev–Trinajstić information content (AvgIpc) is 2.67. The Labute approximate surface area is 175 Å². The first kappa shape index (κ1) is 20.5. The number of nitrogens with zero attached hydrogens (tertiary/aromatic N) is 2. The predicted octanol–water partition coefficient (Wildman–Crippen LogP) is 5.48. The maximum absolute atomic E-state index is 11.1. The average molecular weight is 429 g/mol. The molecule has 6 nitrogen and oxygen atoms in total. The van der Waals surface area contributed by atoms with E-state index in [9.17, 15) is 9.59 Å². The zero-order valence-corrected chi connectivity index (χ0v) is 16.6. The maximum atomic E-state index is 11.1. The Kier molecular flexibility index (Phi) is 5.96. The number of rotatable bonds is 2. The summed E-state index contributed by atoms with van der Waals surface area (Å²) in [6.07, 6.45) is 1.61. The van der Waals surface area contributed by atoms with Crippen LogP contribution in [0.5, 0.6) is 0 Å². The van der Waals surface area contributed by atoms with Gasteiger partial charge in [-0.1, -0.05) is 35.3 Å². The van der Waals surface area contributed by atoms with Gasteiger partial charge in [0.2, 0.25) is 0 Å². The standard InChI is InChI=1S/C11H8ClNO2.C10H6ClNO2/c1-6-2-4-8-7(10(6)11(14)15)3-5-9(12)13-8;11-7-3-4-8-6(2-1-5-12-8)9(7)10(13)14/h2-5H,1H3,(H,14,15);1-5H,(H,13,14). The third-order valence-electron chi connectivity index (χ3n) is 4.21. The molecule has 0 saturated carbocycles. The van der Waals surface area contributed by atoms with Crippen LogP contribution >= 0.6 is 23.2 Å². The van der Waals surface area contributed by atoms with Crippen LogP contribution in [-0.4, -0.2) is 32.1 Å². The molecular weight excluding hydrogens is 415 g/mol. The molecule has 0 fully saturated rings. The number of carboxylic acid groups (broad SMARTS) is 2. The highest BCUT2D eigenvalue weighted by Crippen LogP contribution is 2.25. The van der Waals surface area contributed by atoms with Gasteiger partial charge in [0.1, 0.15) is 5.15 Å². The SMILES string of the molecule is Cc1ccc2nc(Cl)ccc2c1C(=O)O.O=C(O)c1c(Cl)ccc2ncccc12. The van der Waals surface area contributed by atoms with Gasteiger partial charge in [-0.15, -0.1) is 0 Å². The molecule has 0 amide bonds. The van der Waals surface area contributed by atoms with Crippen LogP contribution in [0.4, 0.5) is 0 Å². The van der Waals surface area contributed by atoms with Gasteiger partial charge in [-0.2, -0.15) is 0 Å². The molecule has 4 rings (SSSR count). The number of aromatic nitrogens is 2. The lowest BCUT2D eigenvalue weighted by atomic mass is 10.0. The molecule has 2 aromatic carbocycles. The van der Waals surface area contributed by atoms with E-state index in [-0.39, 0.29) is 16.1 Å². The minimum absolute atomic E-state index is 0.109. The van der Waals surface area contributed by atoms with Gasteiger partial charge in [-0.25, -0.2) is 14.6 Å². The summed E-state index contributed by atoms with van der Waals surface area (Å²) in [5, 5.41) is 19.8. The summed E-state index contributed by atoms with van der Waals surface area (Å²) in [6.45, 7) is 1.76. The molecule has 0 unspecified atom stereocenters. The molecule has 146 valence electrons. The number of pyridine rings is 2. The third kappa shape index (κ3) is 4.29. The quantitative estimate of drug-likeness (QED) is 0.409. The lowest BCUT2D eigenvalue weighted by Crippen LogP contribution is -2.01. The van der Waals surface area contributed by atoms with Gasteiger partial charge < -0.3 is 10.2 Å². The van der Waals surface area contributed by atoms with Crippen molar-refractivity contribution >= 4 is 56.9 Å². The van der Waals surface area contributed by atoms with E-state index in [1.807, 2.05) is 0 Å². The fourth-order valence-corrected chi connectivity index (χ4v) is 3.31. The summed E-state index contributed by atoms with van der Waals surface area (Å²) in [6, 6.07) is 13.4. The van der Waals surface area contributed by atoms with Crippen molar-refractivity contribution in [2.45, 2.75) is 6.92 Å². The van der Waals surface area contributed by atoms with Crippen molar-refractivity contribution in [2.75, 3.05) is 0 Å². The summed E-state index contributed by atoms with van der Waals surface area (Å²) in [5.41, 5.74) is 2.35. The van der Waals surface area contributed by atoms with Crippen LogP contribution < -0.4 is 0 Å². The summed E-state index contributed by atoms with van der Waals surface area (Å²) in [7, 11) is 0. The second-order valence-electron chi connectivity index (χ2n) is 6.06. The van der Waals surface area contributed by atoms with Crippen LogP contribution in [0.25, 0.3) is 21.8 Å². The number of hydrogen-bond acceptors (Lipinski definition) is 4. The molecule has 4 aromatic rings. The molecule has 0 saturated heterocycles. The van der Waals surface area contributed by atoms with Crippen LogP contribution in [0.2, 0.25) is 10.2 Å². The van der Waals surface area contributed by atoms with Crippen LogP contribution in [0.15, 0.2) is 54.7 Å². The minimum atomic E-state index is -1.03. The van der Waals surface area contributed by atoms with Gasteiger partial charge in [0.25, 0.3) is 0 Å². The van der Waals surface area contributed by atoms with Crippen molar-refractivity contribution in [1.82, 2.24) is 9.97 Å². The van der Waals surface area contributed by atoms with Gasteiger partial charge in [0, 0.05) is 17.0 Å². The van der Waals surface area contributed by atoms with E-state index in [2.05, 4.69) is 9.97 Å². The molecule has 0 atom stereocenters. The van der Waals surface area contributed by atoms with E-state index in [4.69, 9.17) is 33.4 Å². The van der Waals surface area contributed by atoms with Gasteiger partial charge in [0.05, 0.1) is 27.2 Å². The lowest BCUT2D eigenvalue weighted by Gasteiger charge is -2.05. The molecule has 0 radical (unpaired) electrons. The zero-order chi connectivity index (χ0) is 21.1. The summed E-state index contributed by atoms with van der Waals surface area (Å²) >= 11 is 11.5. The van der Waals surface area contributed by atoms with Crippen molar-refractivity contribution in [3.63, 3.8) is 0 Å². The largest absolute Gasteiger partial charge is 0.478 e. The molecule has 29 heavy (non-hydrogen) atoms. The fourth-order valence-electron chi connectivity index (χ4n) is 2.92. The Balaban J connectivity index is 0.000000166. The predicted molar refractivity (Wildman–Crippen MR) is 112 cm³/mol. The molecule has 2 heterocycles. The number of carbonyl (C=O) groups is 2. The Morgan fingerprint density at radius 2 is 1.48 bits per heavy atom. The Bertz CT molecular complexity index is 1260. The number of aryl methyl sites for hydroxylation is 1. The van der Waals surface area contributed by atoms with Crippen LogP contribution in [0, 0.1) is 6.92 Å². The van der Waals surface area contributed by atoms with E-state index < -0.39 is 11.9 Å². The smallest absolute Gasteiger partial charge is 0.337 e. The minimum Gasteiger partial charge on any atom is -0.478 e. The molecule has 0 aliphatic rings. The van der Waals surface area contributed by atoms with Crippen molar-refractivity contribution in [1.29, 1.82) is 0 Å². The molecule has 0 bridgehead atoms. The molecule has 2 aromatic heterocycles. The first-order chi connectivity index (χ1) is 13.8. The van der Waals surface area contributed by atoms with Crippen LogP contribution in [0.3, 0.4) is 0 Å². The van der Waals surface area contributed by atoms with Gasteiger partial charge in [-0.05, 0) is 48.9 Å². The first-order valence-electron chi connectivity index (χ1n) is 8.35. The van der Waals surface area contributed by atoms with E-state index in [1.54, 1.807) is 61.7 Å². The van der Waals surface area contributed by atoms with Crippen molar-refractivity contribution in [3.05, 3.63) is 81.6 Å². The summed E-state index contributed by atoms with van der Waals surface area (Å²) < 4.78 is 0. The monoisotopic (exact) mass is 428 g/mol. The van der Waals surface area contributed by atoms with Crippen molar-refractivity contribution in [2.24, 2.45) is 0 Å². The van der Waals surface area contributed by atoms with Gasteiger partial charge in [-0.3, -0.25) is 4.98 Å². The number of carboxylic acids is 2. The van der Waals surface area contributed by atoms with E-state index in [1.165, 1.54) is 0 Å². The maximum Gasteiger partial charge on any atom is 0.337 e. The Morgan fingerprint density at radius 1 is 0.828 bits per heavy atom. The summed E-state index contributed by atoms with van der Waals surface area (Å²) in [4.78, 5) is 30.1. The highest BCUT2D eigenvalue weighted by molar-refractivity contribution is 6.35. The van der Waals surface area contributed by atoms with Gasteiger partial charge >= 0.3 is 11.9 Å². The molecule has 0 aliphatic heterocycles. The highest BCUT2D eigenvalue weighted by Gasteiger charge is 2.13. The topological polar surface area (TPSA) is 100 Å². The van der Waals surface area contributed by atoms with Crippen LogP contribution in [-0.2, 0) is 0 Å². The number of fused-ring (bicyclic) bond motifs is 2. The fraction of sp³-hybridized carbons (Fsp3) is 0.0476. The van der Waals surface area contributed by atoms with E-state index in [0.717, 1.165) is 5.56 Å². The van der Waals surface area contributed by atoms with Gasteiger partial charge in [0.15, 0.2) is 0 Å². The number of hydrogen-bond donors (Lipinski definition) is 2. The van der Waals surface area contributed by atoms with E-state index in [0.29, 0.717) is 27.0 Å². The zero-order valence-electron chi connectivity index (χ0n) is 15.1. The Morgan fingerprint density at radius 3 is 2.17 bits per heavy atom. The Hall–Kier alpha value is -3.22. The van der Waals surface area contributed by atoms with Crippen molar-refractivity contribution in [3.8, 4) is 0 Å². The summed E-state index contributed by atoms with van der Waals surface area (Å²) in [5.74, 6) is -1.98. The number of aromatic carboxylic acids is 2. The number of benzene rings is 2. The molecule has 0 aliphatic carbocycles. The molecule has 8 heteroatoms. The molecular formula is C21H14Cl2N2O4. The first-order valence-corrected chi connectivity index (χ1v) is 9.11.